The van der Waals surface area contributed by atoms with Crippen LogP contribution < -0.4 is 5.73 Å². The molecule has 0 aliphatic carbocycles. The number of thioether (sulfide) groups is 1. The highest BCUT2D eigenvalue weighted by Gasteiger charge is 2.13. The Balaban J connectivity index is 2.20. The molecule has 0 amide bonds. The van der Waals surface area contributed by atoms with E-state index in [2.05, 4.69) is 47.7 Å². The molecule has 0 aliphatic rings. The smallest absolute Gasteiger partial charge is 0.130 e. The molecule has 2 rings (SSSR count). The SMILES string of the molecule is CCSc1ccc(C(N)c2nccn2CC)cc1. The lowest BCUT2D eigenvalue weighted by atomic mass is 10.1. The van der Waals surface area contributed by atoms with Crippen molar-refractivity contribution in [3.05, 3.63) is 48.0 Å². The van der Waals surface area contributed by atoms with E-state index in [1.54, 1.807) is 6.20 Å². The summed E-state index contributed by atoms with van der Waals surface area (Å²) in [4.78, 5) is 5.64. The van der Waals surface area contributed by atoms with Crippen LogP contribution in [0.4, 0.5) is 0 Å². The van der Waals surface area contributed by atoms with Gasteiger partial charge in [0.05, 0.1) is 6.04 Å². The lowest BCUT2D eigenvalue weighted by molar-refractivity contribution is 0.656. The predicted octanol–water partition coefficient (Wildman–Crippen LogP) is 3.06. The van der Waals surface area contributed by atoms with Gasteiger partial charge in [-0.15, -0.1) is 11.8 Å². The highest BCUT2D eigenvalue weighted by molar-refractivity contribution is 7.99. The lowest BCUT2D eigenvalue weighted by Crippen LogP contribution is -2.17. The highest BCUT2D eigenvalue weighted by Crippen LogP contribution is 2.22. The predicted molar refractivity (Wildman–Crippen MR) is 76.8 cm³/mol. The summed E-state index contributed by atoms with van der Waals surface area (Å²) in [5, 5.41) is 0. The van der Waals surface area contributed by atoms with Crippen molar-refractivity contribution >= 4 is 11.8 Å². The van der Waals surface area contributed by atoms with Crippen molar-refractivity contribution in [2.24, 2.45) is 5.73 Å². The van der Waals surface area contributed by atoms with Crippen molar-refractivity contribution in [2.75, 3.05) is 5.75 Å². The van der Waals surface area contributed by atoms with Crippen LogP contribution in [0.3, 0.4) is 0 Å². The molecule has 0 saturated heterocycles. The van der Waals surface area contributed by atoms with E-state index in [9.17, 15) is 0 Å². The molecule has 96 valence electrons. The number of benzene rings is 1. The Labute approximate surface area is 112 Å². The summed E-state index contributed by atoms with van der Waals surface area (Å²) in [5.41, 5.74) is 7.38. The first kappa shape index (κ1) is 13.2. The Hall–Kier alpha value is -1.26. The topological polar surface area (TPSA) is 43.8 Å². The van der Waals surface area contributed by atoms with Crippen LogP contribution in [-0.4, -0.2) is 15.3 Å². The third-order valence-electron chi connectivity index (χ3n) is 2.92. The van der Waals surface area contributed by atoms with E-state index in [1.165, 1.54) is 4.90 Å². The zero-order valence-corrected chi connectivity index (χ0v) is 11.7. The van der Waals surface area contributed by atoms with E-state index in [0.717, 1.165) is 23.7 Å². The van der Waals surface area contributed by atoms with E-state index in [-0.39, 0.29) is 6.04 Å². The molecule has 4 heteroatoms. The maximum absolute atomic E-state index is 6.27. The van der Waals surface area contributed by atoms with Gasteiger partial charge in [0.1, 0.15) is 5.82 Å². The summed E-state index contributed by atoms with van der Waals surface area (Å²) in [5.74, 6) is 2.01. The number of aryl methyl sites for hydroxylation is 1. The molecule has 1 aromatic heterocycles. The van der Waals surface area contributed by atoms with Gasteiger partial charge in [-0.1, -0.05) is 19.1 Å². The number of hydrogen-bond acceptors (Lipinski definition) is 3. The Morgan fingerprint density at radius 3 is 2.61 bits per heavy atom. The van der Waals surface area contributed by atoms with Gasteiger partial charge in [0.2, 0.25) is 0 Å². The molecule has 0 spiro atoms. The van der Waals surface area contributed by atoms with Gasteiger partial charge >= 0.3 is 0 Å². The molecule has 0 saturated carbocycles. The number of imidazole rings is 1. The standard InChI is InChI=1S/C14H19N3S/c1-3-17-10-9-16-14(17)13(15)11-5-7-12(8-6-11)18-4-2/h5-10,13H,3-4,15H2,1-2H3. The Morgan fingerprint density at radius 2 is 2.00 bits per heavy atom. The van der Waals surface area contributed by atoms with Crippen molar-refractivity contribution < 1.29 is 0 Å². The van der Waals surface area contributed by atoms with Crippen LogP contribution in [0.2, 0.25) is 0 Å². The Morgan fingerprint density at radius 1 is 1.28 bits per heavy atom. The molecule has 0 aliphatic heterocycles. The van der Waals surface area contributed by atoms with Crippen molar-refractivity contribution in [3.63, 3.8) is 0 Å². The minimum Gasteiger partial charge on any atom is -0.334 e. The first-order chi connectivity index (χ1) is 8.76. The summed E-state index contributed by atoms with van der Waals surface area (Å²) < 4.78 is 2.08. The van der Waals surface area contributed by atoms with E-state index < -0.39 is 0 Å². The fourth-order valence-corrected chi connectivity index (χ4v) is 2.62. The summed E-state index contributed by atoms with van der Waals surface area (Å²) in [6.07, 6.45) is 3.77. The molecule has 2 N–H and O–H groups in total. The molecule has 18 heavy (non-hydrogen) atoms. The van der Waals surface area contributed by atoms with Crippen molar-refractivity contribution in [1.29, 1.82) is 0 Å². The third kappa shape index (κ3) is 2.76. The van der Waals surface area contributed by atoms with Crippen LogP contribution in [0.5, 0.6) is 0 Å². The van der Waals surface area contributed by atoms with Gasteiger partial charge in [-0.3, -0.25) is 0 Å². The van der Waals surface area contributed by atoms with E-state index in [1.807, 2.05) is 18.0 Å². The average Bonchev–Trinajstić information content (AvgIpc) is 2.87. The number of aromatic nitrogens is 2. The van der Waals surface area contributed by atoms with Gasteiger partial charge in [0, 0.05) is 23.8 Å². The number of hydrogen-bond donors (Lipinski definition) is 1. The maximum Gasteiger partial charge on any atom is 0.130 e. The molecule has 0 fully saturated rings. The van der Waals surface area contributed by atoms with Crippen LogP contribution in [0.1, 0.15) is 31.3 Å². The first-order valence-electron chi connectivity index (χ1n) is 6.25. The fourth-order valence-electron chi connectivity index (χ4n) is 1.95. The molecule has 0 radical (unpaired) electrons. The van der Waals surface area contributed by atoms with Crippen molar-refractivity contribution in [1.82, 2.24) is 9.55 Å². The van der Waals surface area contributed by atoms with Gasteiger partial charge in [-0.05, 0) is 30.4 Å². The summed E-state index contributed by atoms with van der Waals surface area (Å²) in [6.45, 7) is 5.15. The van der Waals surface area contributed by atoms with E-state index in [0.29, 0.717) is 0 Å². The minimum absolute atomic E-state index is 0.152. The summed E-state index contributed by atoms with van der Waals surface area (Å²) in [7, 11) is 0. The summed E-state index contributed by atoms with van der Waals surface area (Å²) >= 11 is 1.84. The number of nitrogens with zero attached hydrogens (tertiary/aromatic N) is 2. The largest absolute Gasteiger partial charge is 0.334 e. The molecule has 1 aromatic carbocycles. The third-order valence-corrected chi connectivity index (χ3v) is 3.81. The van der Waals surface area contributed by atoms with Crippen LogP contribution >= 0.6 is 11.8 Å². The highest BCUT2D eigenvalue weighted by atomic mass is 32.2. The Kier molecular flexibility index (Phi) is 4.44. The molecule has 1 unspecified atom stereocenters. The quantitative estimate of drug-likeness (QED) is 0.841. The Bertz CT molecular complexity index is 490. The second-order valence-electron chi connectivity index (χ2n) is 4.05. The van der Waals surface area contributed by atoms with Gasteiger partial charge < -0.3 is 10.3 Å². The molecular formula is C14H19N3S. The number of nitrogens with two attached hydrogens (primary N) is 1. The molecule has 3 nitrogen and oxygen atoms in total. The van der Waals surface area contributed by atoms with Crippen LogP contribution in [-0.2, 0) is 6.54 Å². The fraction of sp³-hybridized carbons (Fsp3) is 0.357. The van der Waals surface area contributed by atoms with Gasteiger partial charge in [-0.2, -0.15) is 0 Å². The molecule has 2 aromatic rings. The molecular weight excluding hydrogens is 242 g/mol. The van der Waals surface area contributed by atoms with Gasteiger partial charge in [-0.25, -0.2) is 4.98 Å². The average molecular weight is 261 g/mol. The molecule has 0 bridgehead atoms. The van der Waals surface area contributed by atoms with E-state index >= 15 is 0 Å². The van der Waals surface area contributed by atoms with Gasteiger partial charge in [0.15, 0.2) is 0 Å². The van der Waals surface area contributed by atoms with Crippen molar-refractivity contribution in [2.45, 2.75) is 31.3 Å². The number of rotatable bonds is 5. The van der Waals surface area contributed by atoms with Crippen LogP contribution in [0, 0.1) is 0 Å². The normalized spacial score (nSPS) is 12.6. The van der Waals surface area contributed by atoms with Crippen LogP contribution in [0.15, 0.2) is 41.6 Å². The van der Waals surface area contributed by atoms with Crippen molar-refractivity contribution in [3.8, 4) is 0 Å². The second kappa shape index (κ2) is 6.07. The van der Waals surface area contributed by atoms with Crippen LogP contribution in [0.25, 0.3) is 0 Å². The molecule has 1 heterocycles. The van der Waals surface area contributed by atoms with Gasteiger partial charge in [0.25, 0.3) is 0 Å². The monoisotopic (exact) mass is 261 g/mol. The van der Waals surface area contributed by atoms with E-state index in [4.69, 9.17) is 5.73 Å². The second-order valence-corrected chi connectivity index (χ2v) is 5.39. The lowest BCUT2D eigenvalue weighted by Gasteiger charge is -2.13. The zero-order chi connectivity index (χ0) is 13.0. The maximum atomic E-state index is 6.27. The minimum atomic E-state index is -0.152. The summed E-state index contributed by atoms with van der Waals surface area (Å²) in [6, 6.07) is 8.29. The zero-order valence-electron chi connectivity index (χ0n) is 10.8. The first-order valence-corrected chi connectivity index (χ1v) is 7.24. The molecule has 1 atom stereocenters.